The van der Waals surface area contributed by atoms with Crippen LogP contribution in [-0.4, -0.2) is 11.6 Å². The van der Waals surface area contributed by atoms with Crippen molar-refractivity contribution in [2.75, 3.05) is 6.61 Å². The van der Waals surface area contributed by atoms with E-state index in [0.717, 1.165) is 23.1 Å². The SMILES string of the molecule is CC(C)(CCCOc1ccccc1Br)C(N)=S. The van der Waals surface area contributed by atoms with Crippen LogP contribution in [0.2, 0.25) is 0 Å². The Balaban J connectivity index is 2.35. The van der Waals surface area contributed by atoms with Crippen molar-refractivity contribution in [1.29, 1.82) is 0 Å². The molecule has 94 valence electrons. The van der Waals surface area contributed by atoms with Crippen LogP contribution >= 0.6 is 28.1 Å². The average Bonchev–Trinajstić information content (AvgIpc) is 2.26. The molecular formula is C13H18BrNOS. The van der Waals surface area contributed by atoms with E-state index in [0.29, 0.717) is 11.6 Å². The van der Waals surface area contributed by atoms with Crippen molar-refractivity contribution in [3.8, 4) is 5.75 Å². The fourth-order valence-corrected chi connectivity index (χ4v) is 1.88. The minimum atomic E-state index is -0.0907. The summed E-state index contributed by atoms with van der Waals surface area (Å²) in [5.74, 6) is 0.876. The van der Waals surface area contributed by atoms with Crippen LogP contribution in [-0.2, 0) is 0 Å². The van der Waals surface area contributed by atoms with E-state index in [2.05, 4.69) is 29.8 Å². The van der Waals surface area contributed by atoms with Gasteiger partial charge in [-0.15, -0.1) is 0 Å². The molecule has 1 aromatic carbocycles. The molecule has 0 aliphatic carbocycles. The van der Waals surface area contributed by atoms with Crippen LogP contribution in [0.1, 0.15) is 26.7 Å². The highest BCUT2D eigenvalue weighted by Crippen LogP contribution is 2.25. The van der Waals surface area contributed by atoms with Crippen LogP contribution in [0, 0.1) is 5.41 Å². The quantitative estimate of drug-likeness (QED) is 0.638. The Morgan fingerprint density at radius 3 is 2.65 bits per heavy atom. The first-order chi connectivity index (χ1) is 7.93. The smallest absolute Gasteiger partial charge is 0.133 e. The number of hydrogen-bond acceptors (Lipinski definition) is 2. The summed E-state index contributed by atoms with van der Waals surface area (Å²) in [7, 11) is 0. The highest BCUT2D eigenvalue weighted by atomic mass is 79.9. The maximum absolute atomic E-state index is 5.68. The third-order valence-electron chi connectivity index (χ3n) is 2.71. The fraction of sp³-hybridized carbons (Fsp3) is 0.462. The molecule has 2 nitrogen and oxygen atoms in total. The van der Waals surface area contributed by atoms with E-state index in [1.54, 1.807) is 0 Å². The summed E-state index contributed by atoms with van der Waals surface area (Å²) in [6, 6.07) is 7.84. The lowest BCUT2D eigenvalue weighted by atomic mass is 9.88. The normalized spacial score (nSPS) is 11.2. The zero-order valence-corrected chi connectivity index (χ0v) is 12.6. The molecule has 1 rings (SSSR count). The second-order valence-electron chi connectivity index (χ2n) is 4.63. The van der Waals surface area contributed by atoms with Gasteiger partial charge in [0.1, 0.15) is 5.75 Å². The Kier molecular flexibility index (Phi) is 5.40. The molecule has 0 radical (unpaired) electrons. The highest BCUT2D eigenvalue weighted by Gasteiger charge is 2.20. The summed E-state index contributed by atoms with van der Waals surface area (Å²) < 4.78 is 6.66. The Morgan fingerprint density at radius 1 is 1.41 bits per heavy atom. The first kappa shape index (κ1) is 14.5. The van der Waals surface area contributed by atoms with Crippen LogP contribution in [0.5, 0.6) is 5.75 Å². The van der Waals surface area contributed by atoms with Gasteiger partial charge in [0.05, 0.1) is 16.1 Å². The van der Waals surface area contributed by atoms with Crippen molar-refractivity contribution >= 4 is 33.1 Å². The first-order valence-electron chi connectivity index (χ1n) is 5.61. The molecule has 1 aromatic rings. The summed E-state index contributed by atoms with van der Waals surface area (Å²) in [6.07, 6.45) is 1.87. The van der Waals surface area contributed by atoms with E-state index in [-0.39, 0.29) is 5.41 Å². The van der Waals surface area contributed by atoms with Gasteiger partial charge in [-0.2, -0.15) is 0 Å². The molecule has 4 heteroatoms. The summed E-state index contributed by atoms with van der Waals surface area (Å²) in [4.78, 5) is 0.568. The van der Waals surface area contributed by atoms with E-state index < -0.39 is 0 Å². The standard InChI is InChI=1S/C13H18BrNOS/c1-13(2,12(15)17)8-5-9-16-11-7-4-3-6-10(11)14/h3-4,6-7H,5,8-9H2,1-2H3,(H2,15,17). The van der Waals surface area contributed by atoms with E-state index in [1.165, 1.54) is 0 Å². The number of nitrogens with two attached hydrogens (primary N) is 1. The van der Waals surface area contributed by atoms with E-state index >= 15 is 0 Å². The van der Waals surface area contributed by atoms with Gasteiger partial charge in [-0.25, -0.2) is 0 Å². The van der Waals surface area contributed by atoms with Crippen molar-refractivity contribution in [1.82, 2.24) is 0 Å². The number of para-hydroxylation sites is 1. The maximum atomic E-state index is 5.68. The van der Waals surface area contributed by atoms with Crippen molar-refractivity contribution in [3.63, 3.8) is 0 Å². The number of benzene rings is 1. The molecule has 0 bridgehead atoms. The molecule has 0 heterocycles. The van der Waals surface area contributed by atoms with Gasteiger partial charge in [0.15, 0.2) is 0 Å². The van der Waals surface area contributed by atoms with Crippen molar-refractivity contribution < 1.29 is 4.74 Å². The summed E-state index contributed by atoms with van der Waals surface area (Å²) in [5.41, 5.74) is 5.58. The number of ether oxygens (including phenoxy) is 1. The first-order valence-corrected chi connectivity index (χ1v) is 6.81. The number of halogens is 1. The molecule has 0 spiro atoms. The van der Waals surface area contributed by atoms with E-state index in [9.17, 15) is 0 Å². The molecule has 0 atom stereocenters. The second kappa shape index (κ2) is 6.36. The Morgan fingerprint density at radius 2 is 2.06 bits per heavy atom. The topological polar surface area (TPSA) is 35.2 Å². The van der Waals surface area contributed by atoms with Crippen LogP contribution in [0.15, 0.2) is 28.7 Å². The number of thiocarbonyl (C=S) groups is 1. The predicted molar refractivity (Wildman–Crippen MR) is 79.4 cm³/mol. The van der Waals surface area contributed by atoms with Gasteiger partial charge in [-0.05, 0) is 40.9 Å². The maximum Gasteiger partial charge on any atom is 0.133 e. The van der Waals surface area contributed by atoms with Gasteiger partial charge in [0, 0.05) is 5.41 Å². The Bertz CT molecular complexity index is 393. The van der Waals surface area contributed by atoms with Crippen molar-refractivity contribution in [2.24, 2.45) is 11.1 Å². The van der Waals surface area contributed by atoms with Gasteiger partial charge in [-0.1, -0.05) is 38.2 Å². The molecule has 0 aliphatic rings. The summed E-state index contributed by atoms with van der Waals surface area (Å²) in [5, 5.41) is 0. The Labute approximate surface area is 117 Å². The van der Waals surface area contributed by atoms with Crippen molar-refractivity contribution in [2.45, 2.75) is 26.7 Å². The van der Waals surface area contributed by atoms with Crippen LogP contribution in [0.3, 0.4) is 0 Å². The third-order valence-corrected chi connectivity index (χ3v) is 3.92. The molecule has 0 aromatic heterocycles. The van der Waals surface area contributed by atoms with Crippen LogP contribution in [0.4, 0.5) is 0 Å². The van der Waals surface area contributed by atoms with Crippen LogP contribution < -0.4 is 10.5 Å². The molecule has 0 saturated heterocycles. The molecule has 2 N–H and O–H groups in total. The minimum Gasteiger partial charge on any atom is -0.492 e. The van der Waals surface area contributed by atoms with Gasteiger partial charge in [0.25, 0.3) is 0 Å². The molecule has 0 aliphatic heterocycles. The van der Waals surface area contributed by atoms with E-state index in [1.807, 2.05) is 24.3 Å². The molecular weight excluding hydrogens is 298 g/mol. The Hall–Kier alpha value is -0.610. The zero-order valence-electron chi connectivity index (χ0n) is 10.2. The summed E-state index contributed by atoms with van der Waals surface area (Å²) in [6.45, 7) is 4.80. The average molecular weight is 316 g/mol. The molecule has 17 heavy (non-hydrogen) atoms. The lowest BCUT2D eigenvalue weighted by Crippen LogP contribution is -2.30. The van der Waals surface area contributed by atoms with Gasteiger partial charge < -0.3 is 10.5 Å². The van der Waals surface area contributed by atoms with Gasteiger partial charge in [-0.3, -0.25) is 0 Å². The molecule has 0 unspecified atom stereocenters. The van der Waals surface area contributed by atoms with E-state index in [4.69, 9.17) is 22.7 Å². The summed E-state index contributed by atoms with van der Waals surface area (Å²) >= 11 is 8.47. The van der Waals surface area contributed by atoms with Gasteiger partial charge >= 0.3 is 0 Å². The lowest BCUT2D eigenvalue weighted by Gasteiger charge is -2.22. The molecule has 0 amide bonds. The second-order valence-corrected chi connectivity index (χ2v) is 5.92. The number of rotatable bonds is 6. The number of hydrogen-bond donors (Lipinski definition) is 1. The lowest BCUT2D eigenvalue weighted by molar-refractivity contribution is 0.286. The monoisotopic (exact) mass is 315 g/mol. The van der Waals surface area contributed by atoms with Crippen LogP contribution in [0.25, 0.3) is 0 Å². The third kappa shape index (κ3) is 4.64. The molecule has 0 saturated carbocycles. The minimum absolute atomic E-state index is 0.0907. The highest BCUT2D eigenvalue weighted by molar-refractivity contribution is 9.10. The molecule has 0 fully saturated rings. The largest absolute Gasteiger partial charge is 0.492 e. The predicted octanol–water partition coefficient (Wildman–Crippen LogP) is 3.92. The fourth-order valence-electron chi connectivity index (χ4n) is 1.38. The van der Waals surface area contributed by atoms with Crippen molar-refractivity contribution in [3.05, 3.63) is 28.7 Å². The zero-order chi connectivity index (χ0) is 12.9. The van der Waals surface area contributed by atoms with Gasteiger partial charge in [0.2, 0.25) is 0 Å².